The Labute approximate surface area is 134 Å². The molecule has 0 radical (unpaired) electrons. The number of nitrogens with zero attached hydrogens (tertiary/aromatic N) is 1. The third-order valence-corrected chi connectivity index (χ3v) is 5.41. The molecule has 1 aromatic carbocycles. The molecule has 0 amide bonds. The molecule has 0 aliphatic carbocycles. The van der Waals surface area contributed by atoms with Crippen LogP contribution in [0.25, 0.3) is 0 Å². The highest BCUT2D eigenvalue weighted by Gasteiger charge is 2.32. The number of likely N-dealkylation sites (tertiary alicyclic amines) is 1. The van der Waals surface area contributed by atoms with E-state index >= 15 is 0 Å². The number of hydrogen-bond donors (Lipinski definition) is 1. The van der Waals surface area contributed by atoms with Gasteiger partial charge in [0.1, 0.15) is 0 Å². The first-order valence-corrected chi connectivity index (χ1v) is 7.76. The number of fused-ring (bicyclic) bond motifs is 1. The van der Waals surface area contributed by atoms with E-state index < -0.39 is 0 Å². The molecule has 2 heterocycles. The molecule has 2 fully saturated rings. The maximum Gasteiger partial charge on any atom is 0.0551 e. The largest absolute Gasteiger partial charge is 0.316 e. The third kappa shape index (κ3) is 3.64. The minimum absolute atomic E-state index is 0. The van der Waals surface area contributed by atoms with Crippen molar-refractivity contribution in [3.8, 4) is 0 Å². The van der Waals surface area contributed by atoms with Crippen molar-refractivity contribution < 1.29 is 0 Å². The van der Waals surface area contributed by atoms with Crippen LogP contribution in [0.3, 0.4) is 0 Å². The molecule has 2 aliphatic rings. The Morgan fingerprint density at radius 3 is 2.89 bits per heavy atom. The molecule has 2 atom stereocenters. The fourth-order valence-corrected chi connectivity index (χ4v) is 3.60. The highest BCUT2D eigenvalue weighted by atomic mass is 79.9. The quantitative estimate of drug-likeness (QED) is 0.861. The monoisotopic (exact) mass is 364 g/mol. The van der Waals surface area contributed by atoms with Gasteiger partial charge < -0.3 is 5.32 Å². The van der Waals surface area contributed by atoms with Gasteiger partial charge in [-0.3, -0.25) is 4.90 Å². The van der Waals surface area contributed by atoms with E-state index in [2.05, 4.69) is 38.3 Å². The SMILES string of the molecule is Cl.Clc1cc(CN2CCC3CNCC3C2)ccc1Br. The van der Waals surface area contributed by atoms with Crippen molar-refractivity contribution >= 4 is 39.9 Å². The number of rotatable bonds is 2. The topological polar surface area (TPSA) is 15.3 Å². The van der Waals surface area contributed by atoms with Crippen LogP contribution in [0.5, 0.6) is 0 Å². The maximum atomic E-state index is 6.15. The fourth-order valence-electron chi connectivity index (χ4n) is 3.15. The molecule has 1 aromatic rings. The van der Waals surface area contributed by atoms with Gasteiger partial charge >= 0.3 is 0 Å². The van der Waals surface area contributed by atoms with Crippen molar-refractivity contribution in [2.75, 3.05) is 26.2 Å². The molecular weight excluding hydrogens is 347 g/mol. The summed E-state index contributed by atoms with van der Waals surface area (Å²) in [5.74, 6) is 1.76. The molecule has 3 rings (SSSR count). The van der Waals surface area contributed by atoms with E-state index in [4.69, 9.17) is 11.6 Å². The molecule has 0 saturated carbocycles. The number of halogens is 3. The second kappa shape index (κ2) is 6.77. The van der Waals surface area contributed by atoms with Crippen LogP contribution >= 0.6 is 39.9 Å². The van der Waals surface area contributed by atoms with Gasteiger partial charge in [0.15, 0.2) is 0 Å². The van der Waals surface area contributed by atoms with Gasteiger partial charge in [-0.05, 0) is 71.5 Å². The van der Waals surface area contributed by atoms with Crippen molar-refractivity contribution in [3.05, 3.63) is 33.3 Å². The fraction of sp³-hybridized carbons (Fsp3) is 0.571. The molecule has 2 unspecified atom stereocenters. The lowest BCUT2D eigenvalue weighted by atomic mass is 9.88. The lowest BCUT2D eigenvalue weighted by Gasteiger charge is -2.34. The summed E-state index contributed by atoms with van der Waals surface area (Å²) in [5, 5.41) is 4.32. The van der Waals surface area contributed by atoms with Gasteiger partial charge in [-0.25, -0.2) is 0 Å². The molecule has 5 heteroatoms. The summed E-state index contributed by atoms with van der Waals surface area (Å²) in [5.41, 5.74) is 1.31. The smallest absolute Gasteiger partial charge is 0.0551 e. The lowest BCUT2D eigenvalue weighted by Crippen LogP contribution is -2.39. The van der Waals surface area contributed by atoms with E-state index in [1.165, 1.54) is 38.2 Å². The standard InChI is InChI=1S/C14H18BrClN2.ClH/c15-13-2-1-10(5-14(13)16)8-18-4-3-11-6-17-7-12(11)9-18;/h1-2,5,11-12,17H,3-4,6-9H2;1H. The highest BCUT2D eigenvalue weighted by molar-refractivity contribution is 9.10. The zero-order chi connectivity index (χ0) is 12.5. The molecule has 1 N–H and O–H groups in total. The Morgan fingerprint density at radius 2 is 2.11 bits per heavy atom. The Morgan fingerprint density at radius 1 is 1.32 bits per heavy atom. The van der Waals surface area contributed by atoms with E-state index in [1.54, 1.807) is 0 Å². The third-order valence-electron chi connectivity index (χ3n) is 4.18. The summed E-state index contributed by atoms with van der Waals surface area (Å²) in [6.07, 6.45) is 1.34. The molecule has 2 aliphatic heterocycles. The van der Waals surface area contributed by atoms with E-state index in [9.17, 15) is 0 Å². The van der Waals surface area contributed by atoms with Crippen molar-refractivity contribution in [3.63, 3.8) is 0 Å². The zero-order valence-electron chi connectivity index (χ0n) is 10.7. The van der Waals surface area contributed by atoms with Gasteiger partial charge in [0.2, 0.25) is 0 Å². The first kappa shape index (κ1) is 15.6. The van der Waals surface area contributed by atoms with Crippen LogP contribution in [0.2, 0.25) is 5.02 Å². The summed E-state index contributed by atoms with van der Waals surface area (Å²) in [4.78, 5) is 2.56. The highest BCUT2D eigenvalue weighted by Crippen LogP contribution is 2.28. The van der Waals surface area contributed by atoms with E-state index in [0.29, 0.717) is 0 Å². The summed E-state index contributed by atoms with van der Waals surface area (Å²) in [7, 11) is 0. The summed E-state index contributed by atoms with van der Waals surface area (Å²) < 4.78 is 0.978. The van der Waals surface area contributed by atoms with Gasteiger partial charge in [0, 0.05) is 17.6 Å². The summed E-state index contributed by atoms with van der Waals surface area (Å²) >= 11 is 9.58. The number of hydrogen-bond acceptors (Lipinski definition) is 2. The minimum Gasteiger partial charge on any atom is -0.316 e. The van der Waals surface area contributed by atoms with Gasteiger partial charge in [0.25, 0.3) is 0 Å². The molecule has 0 aromatic heterocycles. The van der Waals surface area contributed by atoms with Crippen molar-refractivity contribution in [2.45, 2.75) is 13.0 Å². The van der Waals surface area contributed by atoms with Crippen LogP contribution < -0.4 is 5.32 Å². The Bertz CT molecular complexity index is 441. The molecule has 106 valence electrons. The molecule has 0 bridgehead atoms. The van der Waals surface area contributed by atoms with Crippen LogP contribution in [0, 0.1) is 11.8 Å². The second-order valence-electron chi connectivity index (χ2n) is 5.45. The predicted octanol–water partition coefficient (Wildman–Crippen LogP) is 3.57. The van der Waals surface area contributed by atoms with E-state index in [0.717, 1.165) is 27.9 Å². The van der Waals surface area contributed by atoms with Crippen LogP contribution in [0.4, 0.5) is 0 Å². The van der Waals surface area contributed by atoms with Crippen LogP contribution in [-0.4, -0.2) is 31.1 Å². The molecule has 2 saturated heterocycles. The Balaban J connectivity index is 0.00000133. The van der Waals surface area contributed by atoms with Crippen molar-refractivity contribution in [1.29, 1.82) is 0 Å². The first-order valence-electron chi connectivity index (χ1n) is 6.59. The van der Waals surface area contributed by atoms with Crippen molar-refractivity contribution in [2.24, 2.45) is 11.8 Å². The normalized spacial score (nSPS) is 26.8. The van der Waals surface area contributed by atoms with Gasteiger partial charge in [0.05, 0.1) is 5.02 Å². The van der Waals surface area contributed by atoms with Crippen molar-refractivity contribution in [1.82, 2.24) is 10.2 Å². The Hall–Kier alpha value is 0.200. The second-order valence-corrected chi connectivity index (χ2v) is 6.71. The van der Waals surface area contributed by atoms with Gasteiger partial charge in [-0.2, -0.15) is 0 Å². The summed E-state index contributed by atoms with van der Waals surface area (Å²) in [6, 6.07) is 6.28. The van der Waals surface area contributed by atoms with Crippen LogP contribution in [0.15, 0.2) is 22.7 Å². The Kier molecular flexibility index (Phi) is 5.55. The average Bonchev–Trinajstić information content (AvgIpc) is 2.81. The number of nitrogens with one attached hydrogen (secondary N) is 1. The molecule has 19 heavy (non-hydrogen) atoms. The minimum atomic E-state index is 0. The summed E-state index contributed by atoms with van der Waals surface area (Å²) in [6.45, 7) is 5.89. The predicted molar refractivity (Wildman–Crippen MR) is 86.1 cm³/mol. The molecular formula is C14H19BrCl2N2. The molecule has 0 spiro atoms. The lowest BCUT2D eigenvalue weighted by molar-refractivity contribution is 0.142. The first-order chi connectivity index (χ1) is 8.72. The maximum absolute atomic E-state index is 6.15. The van der Waals surface area contributed by atoms with Crippen LogP contribution in [0.1, 0.15) is 12.0 Å². The van der Waals surface area contributed by atoms with Gasteiger partial charge in [-0.15, -0.1) is 12.4 Å². The van der Waals surface area contributed by atoms with E-state index in [1.807, 2.05) is 6.07 Å². The molecule has 2 nitrogen and oxygen atoms in total. The zero-order valence-corrected chi connectivity index (χ0v) is 13.9. The van der Waals surface area contributed by atoms with Gasteiger partial charge in [-0.1, -0.05) is 17.7 Å². The van der Waals surface area contributed by atoms with Crippen LogP contribution in [-0.2, 0) is 6.54 Å². The average molecular weight is 366 g/mol. The van der Waals surface area contributed by atoms with E-state index in [-0.39, 0.29) is 12.4 Å². The number of benzene rings is 1. The number of piperidine rings is 1.